The van der Waals surface area contributed by atoms with Crippen molar-refractivity contribution in [3.63, 3.8) is 0 Å². The van der Waals surface area contributed by atoms with E-state index in [1.807, 2.05) is 0 Å². The van der Waals surface area contributed by atoms with E-state index in [-0.39, 0.29) is 0 Å². The zero-order chi connectivity index (χ0) is 13.1. The second-order valence-corrected chi connectivity index (χ2v) is 5.61. The first-order valence-corrected chi connectivity index (χ1v) is 6.82. The van der Waals surface area contributed by atoms with Gasteiger partial charge in [0.05, 0.1) is 0 Å². The number of aryl methyl sites for hydroxylation is 3. The van der Waals surface area contributed by atoms with E-state index in [9.17, 15) is 0 Å². The maximum Gasteiger partial charge on any atom is -0.00235 e. The highest BCUT2D eigenvalue weighted by Crippen LogP contribution is 2.50. The summed E-state index contributed by atoms with van der Waals surface area (Å²) in [5, 5.41) is 2.83. The van der Waals surface area contributed by atoms with Crippen molar-refractivity contribution in [2.45, 2.75) is 20.8 Å². The number of hydrogen-bond donors (Lipinski definition) is 0. The fourth-order valence-electron chi connectivity index (χ4n) is 3.47. The molecule has 0 saturated carbocycles. The third kappa shape index (κ3) is 1.24. The second-order valence-electron chi connectivity index (χ2n) is 5.61. The second kappa shape index (κ2) is 3.48. The fourth-order valence-corrected chi connectivity index (χ4v) is 3.47. The zero-order valence-electron chi connectivity index (χ0n) is 11.5. The summed E-state index contributed by atoms with van der Waals surface area (Å²) < 4.78 is 0. The number of rotatable bonds is 0. The van der Waals surface area contributed by atoms with Gasteiger partial charge in [0.2, 0.25) is 0 Å². The van der Waals surface area contributed by atoms with Gasteiger partial charge in [-0.2, -0.15) is 0 Å². The van der Waals surface area contributed by atoms with Crippen molar-refractivity contribution < 1.29 is 0 Å². The van der Waals surface area contributed by atoms with E-state index in [0.29, 0.717) is 0 Å². The summed E-state index contributed by atoms with van der Waals surface area (Å²) >= 11 is 0. The molecule has 0 radical (unpaired) electrons. The van der Waals surface area contributed by atoms with Crippen molar-refractivity contribution in [2.24, 2.45) is 0 Å². The lowest BCUT2D eigenvalue weighted by molar-refractivity contribution is 1.41. The van der Waals surface area contributed by atoms with Gasteiger partial charge in [0.1, 0.15) is 0 Å². The molecule has 19 heavy (non-hydrogen) atoms. The number of hydrogen-bond acceptors (Lipinski definition) is 0. The molecule has 0 amide bonds. The van der Waals surface area contributed by atoms with E-state index in [1.54, 1.807) is 0 Å². The minimum absolute atomic E-state index is 1.36. The molecule has 92 valence electrons. The Morgan fingerprint density at radius 2 is 1.16 bits per heavy atom. The van der Waals surface area contributed by atoms with Gasteiger partial charge in [0.25, 0.3) is 0 Å². The van der Waals surface area contributed by atoms with Crippen molar-refractivity contribution in [2.75, 3.05) is 0 Å². The summed E-state index contributed by atoms with van der Waals surface area (Å²) in [6.07, 6.45) is 0. The summed E-state index contributed by atoms with van der Waals surface area (Å²) in [5.41, 5.74) is 9.81. The van der Waals surface area contributed by atoms with Crippen LogP contribution in [0.5, 0.6) is 0 Å². The summed E-state index contributed by atoms with van der Waals surface area (Å²) in [4.78, 5) is 0. The average Bonchev–Trinajstić information content (AvgIpc) is 2.76. The van der Waals surface area contributed by atoms with Crippen LogP contribution in [0.2, 0.25) is 0 Å². The molecule has 0 aliphatic heterocycles. The van der Waals surface area contributed by atoms with Gasteiger partial charge >= 0.3 is 0 Å². The van der Waals surface area contributed by atoms with Gasteiger partial charge in [-0.25, -0.2) is 0 Å². The van der Waals surface area contributed by atoms with Gasteiger partial charge in [0.15, 0.2) is 0 Å². The molecule has 0 heteroatoms. The molecule has 0 N–H and O–H groups in total. The van der Waals surface area contributed by atoms with Crippen LogP contribution < -0.4 is 0 Å². The Bertz CT molecular complexity index is 803. The van der Waals surface area contributed by atoms with Crippen LogP contribution in [-0.4, -0.2) is 0 Å². The van der Waals surface area contributed by atoms with Crippen LogP contribution in [0, 0.1) is 20.8 Å². The topological polar surface area (TPSA) is 0 Å². The first kappa shape index (κ1) is 10.8. The van der Waals surface area contributed by atoms with Crippen LogP contribution in [0.4, 0.5) is 0 Å². The van der Waals surface area contributed by atoms with Gasteiger partial charge in [-0.1, -0.05) is 42.5 Å². The Balaban J connectivity index is 2.31. The fraction of sp³-hybridized carbons (Fsp3) is 0.158. The lowest BCUT2D eigenvalue weighted by atomic mass is 9.95. The Kier molecular flexibility index (Phi) is 1.98. The minimum atomic E-state index is 1.36. The molecule has 0 nitrogen and oxygen atoms in total. The van der Waals surface area contributed by atoms with Crippen LogP contribution in [-0.2, 0) is 0 Å². The van der Waals surface area contributed by atoms with E-state index in [1.165, 1.54) is 49.7 Å². The molecule has 0 saturated heterocycles. The molecule has 0 aromatic heterocycles. The first-order chi connectivity index (χ1) is 9.18. The molecule has 4 rings (SSSR count). The molecule has 0 bridgehead atoms. The maximum atomic E-state index is 2.29. The molecule has 0 atom stereocenters. The highest BCUT2D eigenvalue weighted by Gasteiger charge is 2.24. The largest absolute Gasteiger partial charge is 0.0610 e. The zero-order valence-corrected chi connectivity index (χ0v) is 11.5. The summed E-state index contributed by atoms with van der Waals surface area (Å²) in [6.45, 7) is 6.64. The Labute approximate surface area is 113 Å². The molecule has 3 aromatic rings. The normalized spacial score (nSPS) is 11.9. The molecule has 1 aliphatic rings. The highest BCUT2D eigenvalue weighted by molar-refractivity contribution is 6.17. The van der Waals surface area contributed by atoms with Crippen molar-refractivity contribution in [3.8, 4) is 22.3 Å². The van der Waals surface area contributed by atoms with Crippen molar-refractivity contribution in [3.05, 3.63) is 59.2 Å². The summed E-state index contributed by atoms with van der Waals surface area (Å²) in [6, 6.07) is 15.7. The Hall–Kier alpha value is -2.08. The lowest BCUT2D eigenvalue weighted by Gasteiger charge is -2.09. The van der Waals surface area contributed by atoms with Crippen LogP contribution in [0.3, 0.4) is 0 Å². The van der Waals surface area contributed by atoms with Gasteiger partial charge in [0, 0.05) is 0 Å². The SMILES string of the molecule is Cc1ccc(C)c2c1-c1cccc3c(C)ccc-2c13. The molecule has 3 aromatic carbocycles. The van der Waals surface area contributed by atoms with E-state index in [2.05, 4.69) is 63.2 Å². The predicted octanol–water partition coefficient (Wildman–Crippen LogP) is 5.41. The van der Waals surface area contributed by atoms with Crippen LogP contribution in [0.1, 0.15) is 16.7 Å². The molecule has 0 heterocycles. The lowest BCUT2D eigenvalue weighted by Crippen LogP contribution is -1.85. The van der Waals surface area contributed by atoms with Gasteiger partial charge in [-0.05, 0) is 70.5 Å². The van der Waals surface area contributed by atoms with Crippen molar-refractivity contribution in [1.29, 1.82) is 0 Å². The molecule has 1 aliphatic carbocycles. The van der Waals surface area contributed by atoms with E-state index in [0.717, 1.165) is 0 Å². The molecule has 0 unspecified atom stereocenters. The van der Waals surface area contributed by atoms with E-state index < -0.39 is 0 Å². The van der Waals surface area contributed by atoms with Crippen molar-refractivity contribution >= 4 is 10.8 Å². The van der Waals surface area contributed by atoms with Crippen LogP contribution >= 0.6 is 0 Å². The van der Waals surface area contributed by atoms with Crippen molar-refractivity contribution in [1.82, 2.24) is 0 Å². The monoisotopic (exact) mass is 244 g/mol. The third-order valence-corrected chi connectivity index (χ3v) is 4.42. The number of benzene rings is 3. The first-order valence-electron chi connectivity index (χ1n) is 6.82. The molecule has 0 spiro atoms. The standard InChI is InChI=1S/C19H16/c1-11-9-10-16-18-13(3)8-7-12(2)17(18)15-6-4-5-14(11)19(15)16/h4-10H,1-3H3. The van der Waals surface area contributed by atoms with Crippen LogP contribution in [0.15, 0.2) is 42.5 Å². The van der Waals surface area contributed by atoms with Gasteiger partial charge in [-0.15, -0.1) is 0 Å². The van der Waals surface area contributed by atoms with E-state index >= 15 is 0 Å². The molecular weight excluding hydrogens is 228 g/mol. The average molecular weight is 244 g/mol. The molecular formula is C19H16. The summed E-state index contributed by atoms with van der Waals surface area (Å²) in [5.74, 6) is 0. The Morgan fingerprint density at radius 3 is 1.84 bits per heavy atom. The van der Waals surface area contributed by atoms with Gasteiger partial charge in [-0.3, -0.25) is 0 Å². The smallest absolute Gasteiger partial charge is 0.00235 e. The minimum Gasteiger partial charge on any atom is -0.0610 e. The van der Waals surface area contributed by atoms with Gasteiger partial charge < -0.3 is 0 Å². The Morgan fingerprint density at radius 1 is 0.579 bits per heavy atom. The molecule has 0 fully saturated rings. The van der Waals surface area contributed by atoms with E-state index in [4.69, 9.17) is 0 Å². The van der Waals surface area contributed by atoms with Crippen LogP contribution in [0.25, 0.3) is 33.0 Å². The predicted molar refractivity (Wildman–Crippen MR) is 82.6 cm³/mol. The summed E-state index contributed by atoms with van der Waals surface area (Å²) in [7, 11) is 0. The third-order valence-electron chi connectivity index (χ3n) is 4.42. The maximum absolute atomic E-state index is 2.29. The quantitative estimate of drug-likeness (QED) is 0.388. The number of fused-ring (bicyclic) bond motifs is 3. The highest BCUT2D eigenvalue weighted by atomic mass is 14.3.